The summed E-state index contributed by atoms with van der Waals surface area (Å²) in [7, 11) is 1.48. The lowest BCUT2D eigenvalue weighted by Crippen LogP contribution is -2.01. The third-order valence-electron chi connectivity index (χ3n) is 3.05. The Morgan fingerprint density at radius 1 is 1.15 bits per heavy atom. The standard InChI is InChI=1S/C16H16O4/c1-20-16-9-11(6-8-15(16)19)5-7-14(18)12-3-2-4-13(17)10-12/h2-4,6,8-10,17,19H,5,7H2,1H3. The molecule has 104 valence electrons. The molecule has 2 N–H and O–H groups in total. The summed E-state index contributed by atoms with van der Waals surface area (Å²) in [6.45, 7) is 0. The van der Waals surface area contributed by atoms with Crippen LogP contribution in [0.1, 0.15) is 22.3 Å². The number of rotatable bonds is 5. The number of Topliss-reactive ketones (excluding diaryl/α,β-unsaturated/α-hetero) is 1. The number of carbonyl (C=O) groups excluding carboxylic acids is 1. The summed E-state index contributed by atoms with van der Waals surface area (Å²) in [5, 5.41) is 18.9. The second kappa shape index (κ2) is 6.10. The molecule has 2 aromatic rings. The van der Waals surface area contributed by atoms with Gasteiger partial charge in [-0.25, -0.2) is 0 Å². The maximum absolute atomic E-state index is 12.0. The van der Waals surface area contributed by atoms with Crippen molar-refractivity contribution < 1.29 is 19.7 Å². The van der Waals surface area contributed by atoms with Gasteiger partial charge in [0.05, 0.1) is 7.11 Å². The number of benzene rings is 2. The quantitative estimate of drug-likeness (QED) is 0.821. The fourth-order valence-corrected chi connectivity index (χ4v) is 1.96. The normalized spacial score (nSPS) is 10.2. The first kappa shape index (κ1) is 13.9. The molecule has 0 atom stereocenters. The van der Waals surface area contributed by atoms with Crippen LogP contribution in [0.5, 0.6) is 17.2 Å². The molecule has 0 bridgehead atoms. The van der Waals surface area contributed by atoms with Gasteiger partial charge in [-0.3, -0.25) is 4.79 Å². The van der Waals surface area contributed by atoms with Gasteiger partial charge in [0.2, 0.25) is 0 Å². The van der Waals surface area contributed by atoms with Gasteiger partial charge in [0.15, 0.2) is 17.3 Å². The Morgan fingerprint density at radius 3 is 2.65 bits per heavy atom. The maximum Gasteiger partial charge on any atom is 0.163 e. The molecule has 0 fully saturated rings. The molecule has 4 heteroatoms. The molecule has 0 aliphatic heterocycles. The zero-order chi connectivity index (χ0) is 14.5. The highest BCUT2D eigenvalue weighted by molar-refractivity contribution is 5.96. The number of phenols is 2. The van der Waals surface area contributed by atoms with Gasteiger partial charge < -0.3 is 14.9 Å². The molecule has 0 unspecified atom stereocenters. The van der Waals surface area contributed by atoms with E-state index in [0.717, 1.165) is 5.56 Å². The van der Waals surface area contributed by atoms with Crippen LogP contribution in [0.2, 0.25) is 0 Å². The Hall–Kier alpha value is -2.49. The molecule has 0 heterocycles. The average Bonchev–Trinajstić information content (AvgIpc) is 2.46. The Morgan fingerprint density at radius 2 is 1.95 bits per heavy atom. The summed E-state index contributed by atoms with van der Waals surface area (Å²) < 4.78 is 5.02. The highest BCUT2D eigenvalue weighted by Gasteiger charge is 2.08. The summed E-state index contributed by atoms with van der Waals surface area (Å²) in [5.41, 5.74) is 1.41. The lowest BCUT2D eigenvalue weighted by Gasteiger charge is -2.06. The first-order valence-corrected chi connectivity index (χ1v) is 6.28. The van der Waals surface area contributed by atoms with E-state index in [0.29, 0.717) is 24.2 Å². The Bertz CT molecular complexity index is 620. The molecule has 2 aromatic carbocycles. The van der Waals surface area contributed by atoms with Crippen LogP contribution in [0.4, 0.5) is 0 Å². The zero-order valence-corrected chi connectivity index (χ0v) is 11.2. The number of hydrogen-bond donors (Lipinski definition) is 2. The number of aromatic hydroxyl groups is 2. The first-order valence-electron chi connectivity index (χ1n) is 6.28. The monoisotopic (exact) mass is 272 g/mol. The average molecular weight is 272 g/mol. The highest BCUT2D eigenvalue weighted by atomic mass is 16.5. The van der Waals surface area contributed by atoms with Crippen molar-refractivity contribution in [3.63, 3.8) is 0 Å². The molecule has 0 saturated carbocycles. The summed E-state index contributed by atoms with van der Waals surface area (Å²) in [6, 6.07) is 11.3. The summed E-state index contributed by atoms with van der Waals surface area (Å²) in [4.78, 5) is 12.0. The Balaban J connectivity index is 2.03. The van der Waals surface area contributed by atoms with E-state index in [1.165, 1.54) is 19.2 Å². The van der Waals surface area contributed by atoms with Crippen LogP contribution in [-0.2, 0) is 6.42 Å². The third kappa shape index (κ3) is 3.29. The number of ether oxygens (including phenoxy) is 1. The van der Waals surface area contributed by atoms with Crippen molar-refractivity contribution in [1.29, 1.82) is 0 Å². The van der Waals surface area contributed by atoms with Crippen LogP contribution in [0.15, 0.2) is 42.5 Å². The van der Waals surface area contributed by atoms with Gasteiger partial charge in [-0.15, -0.1) is 0 Å². The van der Waals surface area contributed by atoms with Crippen molar-refractivity contribution in [2.75, 3.05) is 7.11 Å². The largest absolute Gasteiger partial charge is 0.508 e. The smallest absolute Gasteiger partial charge is 0.163 e. The van der Waals surface area contributed by atoms with Crippen LogP contribution < -0.4 is 4.74 Å². The molecule has 0 radical (unpaired) electrons. The van der Waals surface area contributed by atoms with E-state index in [2.05, 4.69) is 0 Å². The number of phenolic OH excluding ortho intramolecular Hbond substituents is 2. The lowest BCUT2D eigenvalue weighted by atomic mass is 10.0. The second-order valence-corrected chi connectivity index (χ2v) is 4.48. The van der Waals surface area contributed by atoms with Gasteiger partial charge >= 0.3 is 0 Å². The van der Waals surface area contributed by atoms with Crippen molar-refractivity contribution in [1.82, 2.24) is 0 Å². The minimum Gasteiger partial charge on any atom is -0.508 e. The number of ketones is 1. The molecule has 2 rings (SSSR count). The third-order valence-corrected chi connectivity index (χ3v) is 3.05. The molecule has 0 aliphatic rings. The minimum atomic E-state index is -0.0343. The lowest BCUT2D eigenvalue weighted by molar-refractivity contribution is 0.0982. The van der Waals surface area contributed by atoms with Crippen molar-refractivity contribution in [3.05, 3.63) is 53.6 Å². The van der Waals surface area contributed by atoms with Crippen LogP contribution in [0, 0.1) is 0 Å². The van der Waals surface area contributed by atoms with Gasteiger partial charge in [0.25, 0.3) is 0 Å². The van der Waals surface area contributed by atoms with Gasteiger partial charge in [-0.1, -0.05) is 18.2 Å². The van der Waals surface area contributed by atoms with E-state index in [1.54, 1.807) is 30.3 Å². The molecule has 4 nitrogen and oxygen atoms in total. The summed E-state index contributed by atoms with van der Waals surface area (Å²) >= 11 is 0. The molecular formula is C16H16O4. The first-order chi connectivity index (χ1) is 9.60. The van der Waals surface area contributed by atoms with Gasteiger partial charge in [0, 0.05) is 12.0 Å². The molecule has 0 aromatic heterocycles. The van der Waals surface area contributed by atoms with Crippen molar-refractivity contribution in [3.8, 4) is 17.2 Å². The zero-order valence-electron chi connectivity index (χ0n) is 11.2. The van der Waals surface area contributed by atoms with Crippen molar-refractivity contribution >= 4 is 5.78 Å². The van der Waals surface area contributed by atoms with Gasteiger partial charge in [0.1, 0.15) is 5.75 Å². The van der Waals surface area contributed by atoms with E-state index >= 15 is 0 Å². The molecule has 0 amide bonds. The number of hydrogen-bond acceptors (Lipinski definition) is 4. The van der Waals surface area contributed by atoms with Crippen LogP contribution in [-0.4, -0.2) is 23.1 Å². The van der Waals surface area contributed by atoms with Crippen molar-refractivity contribution in [2.45, 2.75) is 12.8 Å². The summed E-state index contributed by atoms with van der Waals surface area (Å²) in [5.74, 6) is 0.526. The predicted octanol–water partition coefficient (Wildman–Crippen LogP) is 2.92. The van der Waals surface area contributed by atoms with E-state index in [1.807, 2.05) is 0 Å². The van der Waals surface area contributed by atoms with Crippen molar-refractivity contribution in [2.24, 2.45) is 0 Å². The number of methoxy groups -OCH3 is 1. The number of aryl methyl sites for hydroxylation is 1. The fourth-order valence-electron chi connectivity index (χ4n) is 1.96. The maximum atomic E-state index is 12.0. The van der Waals surface area contributed by atoms with E-state index < -0.39 is 0 Å². The Kier molecular flexibility index (Phi) is 4.25. The molecule has 0 aliphatic carbocycles. The molecule has 20 heavy (non-hydrogen) atoms. The van der Waals surface area contributed by atoms with E-state index in [9.17, 15) is 15.0 Å². The van der Waals surface area contributed by atoms with Crippen LogP contribution >= 0.6 is 0 Å². The van der Waals surface area contributed by atoms with Gasteiger partial charge in [-0.05, 0) is 36.2 Å². The van der Waals surface area contributed by atoms with E-state index in [4.69, 9.17) is 4.74 Å². The second-order valence-electron chi connectivity index (χ2n) is 4.48. The fraction of sp³-hybridized carbons (Fsp3) is 0.188. The topological polar surface area (TPSA) is 66.8 Å². The molecular weight excluding hydrogens is 256 g/mol. The summed E-state index contributed by atoms with van der Waals surface area (Å²) in [6.07, 6.45) is 0.877. The minimum absolute atomic E-state index is 0.0343. The SMILES string of the molecule is COc1cc(CCC(=O)c2cccc(O)c2)ccc1O. The van der Waals surface area contributed by atoms with E-state index in [-0.39, 0.29) is 17.3 Å². The van der Waals surface area contributed by atoms with Crippen LogP contribution in [0.25, 0.3) is 0 Å². The predicted molar refractivity (Wildman–Crippen MR) is 75.4 cm³/mol. The molecule has 0 spiro atoms. The van der Waals surface area contributed by atoms with Crippen LogP contribution in [0.3, 0.4) is 0 Å². The number of carbonyl (C=O) groups is 1. The molecule has 0 saturated heterocycles. The Labute approximate surface area is 117 Å². The van der Waals surface area contributed by atoms with Gasteiger partial charge in [-0.2, -0.15) is 0 Å². The highest BCUT2D eigenvalue weighted by Crippen LogP contribution is 2.27.